The molecule has 1 unspecified atom stereocenters. The molecule has 0 saturated heterocycles. The minimum Gasteiger partial charge on any atom is -0.363 e. The summed E-state index contributed by atoms with van der Waals surface area (Å²) in [6, 6.07) is 14.2. The number of fused-ring (bicyclic) bond motifs is 1. The third kappa shape index (κ3) is 4.80. The van der Waals surface area contributed by atoms with Crippen LogP contribution in [0, 0.1) is 0 Å². The van der Waals surface area contributed by atoms with Gasteiger partial charge in [-0.25, -0.2) is 4.68 Å². The van der Waals surface area contributed by atoms with Crippen molar-refractivity contribution >= 4 is 28.4 Å². The number of carbonyl (C=O) groups is 3. The van der Waals surface area contributed by atoms with Crippen molar-refractivity contribution in [3.05, 3.63) is 84.3 Å². The molecule has 2 aromatic heterocycles. The van der Waals surface area contributed by atoms with Crippen molar-refractivity contribution in [2.75, 3.05) is 0 Å². The van der Waals surface area contributed by atoms with Gasteiger partial charge in [0.2, 0.25) is 5.78 Å². The molecule has 8 nitrogen and oxygen atoms in total. The van der Waals surface area contributed by atoms with Crippen molar-refractivity contribution in [2.45, 2.75) is 19.0 Å². The number of Topliss-reactive ketones (excluding diaryl/α,β-unsaturated/α-hetero) is 1. The third-order valence-electron chi connectivity index (χ3n) is 5.24. The van der Waals surface area contributed by atoms with Crippen LogP contribution in [0.25, 0.3) is 22.0 Å². The van der Waals surface area contributed by atoms with Crippen LogP contribution >= 0.6 is 0 Å². The lowest BCUT2D eigenvalue weighted by Crippen LogP contribution is -2.47. The number of pyridine rings is 1. The summed E-state index contributed by atoms with van der Waals surface area (Å²) in [4.78, 5) is 41.1. The van der Waals surface area contributed by atoms with E-state index in [4.69, 9.17) is 5.73 Å². The SMILES string of the molecule is NC(=O)C(=O)C(Cc1ccccc1)NC(=O)c1cn(C(F)F)nc1-c1ccc2cnccc2c1. The van der Waals surface area contributed by atoms with Crippen LogP contribution in [0.15, 0.2) is 73.2 Å². The average Bonchev–Trinajstić information content (AvgIpc) is 3.29. The quantitative estimate of drug-likeness (QED) is 0.390. The molecular weight excluding hydrogens is 444 g/mol. The highest BCUT2D eigenvalue weighted by Crippen LogP contribution is 2.27. The van der Waals surface area contributed by atoms with Crippen molar-refractivity contribution in [3.8, 4) is 11.3 Å². The van der Waals surface area contributed by atoms with E-state index in [0.29, 0.717) is 15.8 Å². The first-order valence-corrected chi connectivity index (χ1v) is 10.2. The Bertz CT molecular complexity index is 1370. The number of nitrogens with two attached hydrogens (primary N) is 1. The summed E-state index contributed by atoms with van der Waals surface area (Å²) in [5.41, 5.74) is 6.08. The Labute approximate surface area is 192 Å². The lowest BCUT2D eigenvalue weighted by molar-refractivity contribution is -0.137. The zero-order valence-electron chi connectivity index (χ0n) is 17.7. The van der Waals surface area contributed by atoms with Gasteiger partial charge in [-0.05, 0) is 23.1 Å². The highest BCUT2D eigenvalue weighted by Gasteiger charge is 2.28. The van der Waals surface area contributed by atoms with E-state index in [9.17, 15) is 23.2 Å². The topological polar surface area (TPSA) is 120 Å². The fraction of sp³-hybridized carbons (Fsp3) is 0.125. The van der Waals surface area contributed by atoms with Gasteiger partial charge in [-0.3, -0.25) is 19.4 Å². The van der Waals surface area contributed by atoms with Gasteiger partial charge >= 0.3 is 6.55 Å². The van der Waals surface area contributed by atoms with E-state index in [-0.39, 0.29) is 17.7 Å². The molecule has 1 atom stereocenters. The molecule has 0 bridgehead atoms. The number of benzene rings is 2. The van der Waals surface area contributed by atoms with Crippen LogP contribution in [0.1, 0.15) is 22.5 Å². The van der Waals surface area contributed by atoms with Crippen molar-refractivity contribution in [1.29, 1.82) is 0 Å². The molecular formula is C24H19F2N5O3. The maximum atomic E-state index is 13.4. The second-order valence-corrected chi connectivity index (χ2v) is 7.53. The molecule has 0 saturated carbocycles. The largest absolute Gasteiger partial charge is 0.363 e. The Hall–Kier alpha value is -4.47. The van der Waals surface area contributed by atoms with Crippen LogP contribution < -0.4 is 11.1 Å². The predicted molar refractivity (Wildman–Crippen MR) is 120 cm³/mol. The lowest BCUT2D eigenvalue weighted by atomic mass is 10.0. The van der Waals surface area contributed by atoms with Crippen molar-refractivity contribution < 1.29 is 23.2 Å². The van der Waals surface area contributed by atoms with Gasteiger partial charge in [-0.1, -0.05) is 42.5 Å². The van der Waals surface area contributed by atoms with Crippen LogP contribution in [-0.4, -0.2) is 38.4 Å². The van der Waals surface area contributed by atoms with E-state index in [0.717, 1.165) is 17.0 Å². The molecule has 4 aromatic rings. The van der Waals surface area contributed by atoms with Gasteiger partial charge in [-0.2, -0.15) is 13.9 Å². The molecule has 2 aromatic carbocycles. The van der Waals surface area contributed by atoms with Crippen molar-refractivity contribution in [1.82, 2.24) is 20.1 Å². The minimum atomic E-state index is -2.99. The molecule has 0 aliphatic rings. The predicted octanol–water partition coefficient (Wildman–Crippen LogP) is 2.89. The molecule has 34 heavy (non-hydrogen) atoms. The first kappa shape index (κ1) is 22.7. The number of carbonyl (C=O) groups excluding carboxylic acids is 3. The van der Waals surface area contributed by atoms with E-state index >= 15 is 0 Å². The molecule has 10 heteroatoms. The number of nitrogens with zero attached hydrogens (tertiary/aromatic N) is 3. The van der Waals surface area contributed by atoms with E-state index in [1.165, 1.54) is 0 Å². The monoisotopic (exact) mass is 463 g/mol. The summed E-state index contributed by atoms with van der Waals surface area (Å²) >= 11 is 0. The Kier molecular flexibility index (Phi) is 6.39. The second-order valence-electron chi connectivity index (χ2n) is 7.53. The van der Waals surface area contributed by atoms with Gasteiger partial charge in [0, 0.05) is 36.0 Å². The van der Waals surface area contributed by atoms with Crippen LogP contribution in [0.4, 0.5) is 8.78 Å². The number of halogens is 2. The molecule has 0 aliphatic carbocycles. The first-order chi connectivity index (χ1) is 16.3. The second kappa shape index (κ2) is 9.57. The van der Waals surface area contributed by atoms with Crippen LogP contribution in [-0.2, 0) is 16.0 Å². The molecule has 0 radical (unpaired) electrons. The van der Waals surface area contributed by atoms with Gasteiger partial charge < -0.3 is 11.1 Å². The summed E-state index contributed by atoms with van der Waals surface area (Å²) in [6.45, 7) is -2.99. The molecule has 4 rings (SSSR count). The molecule has 2 heterocycles. The van der Waals surface area contributed by atoms with Gasteiger partial charge in [0.15, 0.2) is 0 Å². The van der Waals surface area contributed by atoms with Gasteiger partial charge in [0.05, 0.1) is 5.56 Å². The number of aromatic nitrogens is 3. The maximum Gasteiger partial charge on any atom is 0.333 e. The summed E-state index contributed by atoms with van der Waals surface area (Å²) in [5.74, 6) is -3.06. The standard InChI is InChI=1S/C24H19F2N5O3/c25-24(26)31-13-18(20(30-31)16-6-7-17-12-28-9-8-15(17)11-16)23(34)29-19(21(32)22(27)33)10-14-4-2-1-3-5-14/h1-9,11-13,19,24H,10H2,(H2,27,33)(H,29,34). The number of nitrogens with one attached hydrogen (secondary N) is 1. The van der Waals surface area contributed by atoms with Gasteiger partial charge in [-0.15, -0.1) is 0 Å². The smallest absolute Gasteiger partial charge is 0.333 e. The number of hydrogen-bond donors (Lipinski definition) is 2. The summed E-state index contributed by atoms with van der Waals surface area (Å²) in [5, 5.41) is 7.95. The zero-order chi connectivity index (χ0) is 24.2. The fourth-order valence-electron chi connectivity index (χ4n) is 3.57. The number of ketones is 1. The number of hydrogen-bond acceptors (Lipinski definition) is 5. The first-order valence-electron chi connectivity index (χ1n) is 10.2. The van der Waals surface area contributed by atoms with E-state index in [2.05, 4.69) is 15.4 Å². The Morgan fingerprint density at radius 3 is 2.50 bits per heavy atom. The number of alkyl halides is 2. The Morgan fingerprint density at radius 2 is 1.79 bits per heavy atom. The average molecular weight is 463 g/mol. The van der Waals surface area contributed by atoms with Gasteiger partial charge in [0.1, 0.15) is 11.7 Å². The highest BCUT2D eigenvalue weighted by molar-refractivity contribution is 6.38. The number of rotatable bonds is 8. The minimum absolute atomic E-state index is 0.00139. The van der Waals surface area contributed by atoms with Crippen molar-refractivity contribution in [2.24, 2.45) is 5.73 Å². The van der Waals surface area contributed by atoms with Gasteiger partial charge in [0.25, 0.3) is 11.8 Å². The lowest BCUT2D eigenvalue weighted by Gasteiger charge is -2.16. The zero-order valence-corrected chi connectivity index (χ0v) is 17.7. The molecule has 172 valence electrons. The molecule has 0 fully saturated rings. The molecule has 0 spiro atoms. The Balaban J connectivity index is 1.70. The maximum absolute atomic E-state index is 13.4. The van der Waals surface area contributed by atoms with E-state index in [1.807, 2.05) is 0 Å². The molecule has 3 N–H and O–H groups in total. The number of primary amides is 1. The Morgan fingerprint density at radius 1 is 1.03 bits per heavy atom. The van der Waals surface area contributed by atoms with Crippen LogP contribution in [0.2, 0.25) is 0 Å². The van der Waals surface area contributed by atoms with Crippen LogP contribution in [0.3, 0.4) is 0 Å². The normalized spacial score (nSPS) is 12.0. The highest BCUT2D eigenvalue weighted by atomic mass is 19.3. The number of amides is 2. The van der Waals surface area contributed by atoms with Crippen molar-refractivity contribution in [3.63, 3.8) is 0 Å². The summed E-state index contributed by atoms with van der Waals surface area (Å²) in [6.07, 6.45) is 4.13. The summed E-state index contributed by atoms with van der Waals surface area (Å²) in [7, 11) is 0. The van der Waals surface area contributed by atoms with E-state index < -0.39 is 30.2 Å². The van der Waals surface area contributed by atoms with Crippen LogP contribution in [0.5, 0.6) is 0 Å². The molecule has 2 amide bonds. The third-order valence-corrected chi connectivity index (χ3v) is 5.24. The molecule has 0 aliphatic heterocycles. The summed E-state index contributed by atoms with van der Waals surface area (Å²) < 4.78 is 27.2. The fourth-order valence-corrected chi connectivity index (χ4v) is 3.57. The van der Waals surface area contributed by atoms with E-state index in [1.54, 1.807) is 67.0 Å².